The Balaban J connectivity index is 1.51. The van der Waals surface area contributed by atoms with Gasteiger partial charge in [0.15, 0.2) is 10.5 Å². The second-order valence-electron chi connectivity index (χ2n) is 5.67. The molecular weight excluding hydrogens is 392 g/mol. The molecule has 0 N–H and O–H groups in total. The summed E-state index contributed by atoms with van der Waals surface area (Å²) in [6, 6.07) is 4.88. The molecule has 3 heterocycles. The van der Waals surface area contributed by atoms with Crippen molar-refractivity contribution >= 4 is 39.1 Å². The molecule has 0 atom stereocenters. The van der Waals surface area contributed by atoms with Gasteiger partial charge in [-0.15, -0.1) is 11.3 Å². The summed E-state index contributed by atoms with van der Waals surface area (Å²) in [6.45, 7) is -0.692. The molecule has 0 radical (unpaired) electrons. The van der Waals surface area contributed by atoms with E-state index in [1.54, 1.807) is 11.6 Å². The number of esters is 1. The van der Waals surface area contributed by atoms with Gasteiger partial charge in [0.25, 0.3) is 11.2 Å². The molecule has 0 saturated heterocycles. The van der Waals surface area contributed by atoms with Crippen LogP contribution >= 0.6 is 11.3 Å². The first-order valence-electron chi connectivity index (χ1n) is 7.81. The van der Waals surface area contributed by atoms with Gasteiger partial charge in [-0.2, -0.15) is 0 Å². The van der Waals surface area contributed by atoms with Crippen LogP contribution in [0.5, 0.6) is 0 Å². The van der Waals surface area contributed by atoms with Crippen molar-refractivity contribution in [2.45, 2.75) is 13.2 Å². The van der Waals surface area contributed by atoms with E-state index in [0.29, 0.717) is 4.96 Å². The molecule has 4 rings (SSSR count). The van der Waals surface area contributed by atoms with Crippen molar-refractivity contribution in [1.29, 1.82) is 0 Å². The summed E-state index contributed by atoms with van der Waals surface area (Å²) in [6.07, 6.45) is 1.59. The lowest BCUT2D eigenvalue weighted by atomic mass is 10.3. The van der Waals surface area contributed by atoms with Gasteiger partial charge in [-0.3, -0.25) is 28.7 Å². The minimum Gasteiger partial charge on any atom is -0.458 e. The molecule has 0 saturated carbocycles. The second-order valence-corrected chi connectivity index (χ2v) is 6.54. The van der Waals surface area contributed by atoms with E-state index in [1.165, 1.54) is 33.9 Å². The van der Waals surface area contributed by atoms with Crippen LogP contribution < -0.4 is 11.3 Å². The maximum Gasteiger partial charge on any atom is 0.420 e. The molecule has 28 heavy (non-hydrogen) atoms. The molecule has 12 heteroatoms. The zero-order valence-corrected chi connectivity index (χ0v) is 14.7. The summed E-state index contributed by atoms with van der Waals surface area (Å²) >= 11 is 1.27. The standard InChI is InChI=1S/C16H10N4O7S/c21-13-5-9(17-15-18(13)3-4-28-15)8-26-14(22)7-19-11-2-1-10(20(24)25)6-12(11)27-16(19)23/h1-6H,7-8H2. The van der Waals surface area contributed by atoms with Crippen molar-refractivity contribution in [2.24, 2.45) is 0 Å². The average molecular weight is 402 g/mol. The number of carbonyl (C=O) groups is 1. The molecule has 0 fully saturated rings. The van der Waals surface area contributed by atoms with E-state index >= 15 is 0 Å². The summed E-state index contributed by atoms with van der Waals surface area (Å²) in [4.78, 5) is 50.8. The van der Waals surface area contributed by atoms with Crippen LogP contribution in [0.1, 0.15) is 5.69 Å². The van der Waals surface area contributed by atoms with Crippen molar-refractivity contribution in [3.05, 3.63) is 72.6 Å². The third-order valence-electron chi connectivity index (χ3n) is 3.89. The lowest BCUT2D eigenvalue weighted by Crippen LogP contribution is -2.22. The third kappa shape index (κ3) is 3.16. The number of non-ortho nitro benzene ring substituents is 1. The van der Waals surface area contributed by atoms with Crippen molar-refractivity contribution in [2.75, 3.05) is 0 Å². The van der Waals surface area contributed by atoms with Crippen LogP contribution in [0.3, 0.4) is 0 Å². The molecule has 0 unspecified atom stereocenters. The van der Waals surface area contributed by atoms with Crippen LogP contribution in [0.4, 0.5) is 5.69 Å². The van der Waals surface area contributed by atoms with E-state index < -0.39 is 23.2 Å². The Bertz CT molecular complexity index is 1350. The van der Waals surface area contributed by atoms with E-state index in [4.69, 9.17) is 9.15 Å². The molecule has 1 aromatic carbocycles. The Morgan fingerprint density at radius 1 is 1.32 bits per heavy atom. The Morgan fingerprint density at radius 2 is 2.14 bits per heavy atom. The molecule has 0 bridgehead atoms. The number of hydrogen-bond donors (Lipinski definition) is 0. The van der Waals surface area contributed by atoms with Gasteiger partial charge in [0, 0.05) is 23.7 Å². The van der Waals surface area contributed by atoms with Gasteiger partial charge in [0.2, 0.25) is 0 Å². The Kier molecular flexibility index (Phi) is 4.24. The van der Waals surface area contributed by atoms with Crippen molar-refractivity contribution in [1.82, 2.24) is 14.0 Å². The molecule has 142 valence electrons. The minimum absolute atomic E-state index is 0.00941. The molecule has 0 aliphatic rings. The smallest absolute Gasteiger partial charge is 0.420 e. The summed E-state index contributed by atoms with van der Waals surface area (Å²) in [7, 11) is 0. The Morgan fingerprint density at radius 3 is 2.93 bits per heavy atom. The fraction of sp³-hybridized carbons (Fsp3) is 0.125. The number of aromatic nitrogens is 3. The first kappa shape index (κ1) is 17.6. The largest absolute Gasteiger partial charge is 0.458 e. The number of rotatable bonds is 5. The lowest BCUT2D eigenvalue weighted by Gasteiger charge is -2.05. The van der Waals surface area contributed by atoms with Crippen LogP contribution in [0.2, 0.25) is 0 Å². The van der Waals surface area contributed by atoms with E-state index in [1.807, 2.05) is 0 Å². The van der Waals surface area contributed by atoms with E-state index in [2.05, 4.69) is 4.98 Å². The number of carbonyl (C=O) groups excluding carboxylic acids is 1. The first-order valence-corrected chi connectivity index (χ1v) is 8.69. The summed E-state index contributed by atoms with van der Waals surface area (Å²) in [5.41, 5.74) is -0.0390. The summed E-state index contributed by atoms with van der Waals surface area (Å²) in [5, 5.41) is 12.5. The highest BCUT2D eigenvalue weighted by molar-refractivity contribution is 7.15. The van der Waals surface area contributed by atoms with E-state index in [9.17, 15) is 24.5 Å². The van der Waals surface area contributed by atoms with Crippen LogP contribution in [-0.4, -0.2) is 24.8 Å². The average Bonchev–Trinajstić information content (AvgIpc) is 3.24. The number of ether oxygens (including phenoxy) is 1. The summed E-state index contributed by atoms with van der Waals surface area (Å²) in [5.74, 6) is -1.60. The third-order valence-corrected chi connectivity index (χ3v) is 4.64. The number of nitrogens with zero attached hydrogens (tertiary/aromatic N) is 4. The number of nitro benzene ring substituents is 1. The second kappa shape index (κ2) is 6.74. The van der Waals surface area contributed by atoms with Crippen LogP contribution in [-0.2, 0) is 22.7 Å². The van der Waals surface area contributed by atoms with Gasteiger partial charge < -0.3 is 9.15 Å². The van der Waals surface area contributed by atoms with E-state index in [-0.39, 0.29) is 34.6 Å². The zero-order valence-electron chi connectivity index (χ0n) is 13.9. The molecule has 0 aliphatic heterocycles. The van der Waals surface area contributed by atoms with Gasteiger partial charge in [0.05, 0.1) is 22.2 Å². The highest BCUT2D eigenvalue weighted by Crippen LogP contribution is 2.20. The minimum atomic E-state index is -0.844. The molecule has 0 amide bonds. The van der Waals surface area contributed by atoms with Gasteiger partial charge >= 0.3 is 11.7 Å². The molecule has 0 spiro atoms. The van der Waals surface area contributed by atoms with Gasteiger partial charge in [-0.25, -0.2) is 9.78 Å². The molecule has 11 nitrogen and oxygen atoms in total. The van der Waals surface area contributed by atoms with Gasteiger partial charge in [-0.1, -0.05) is 0 Å². The number of thiazole rings is 1. The zero-order chi connectivity index (χ0) is 19.8. The first-order chi connectivity index (χ1) is 13.4. The highest BCUT2D eigenvalue weighted by atomic mass is 32.1. The number of nitro groups is 1. The molecule has 3 aromatic heterocycles. The van der Waals surface area contributed by atoms with Crippen molar-refractivity contribution < 1.29 is 18.9 Å². The molecule has 0 aliphatic carbocycles. The van der Waals surface area contributed by atoms with Gasteiger partial charge in [0.1, 0.15) is 13.2 Å². The normalized spacial score (nSPS) is 11.1. The predicted octanol–water partition coefficient (Wildman–Crippen LogP) is 1.32. The highest BCUT2D eigenvalue weighted by Gasteiger charge is 2.17. The van der Waals surface area contributed by atoms with Crippen LogP contribution in [0.15, 0.2) is 49.8 Å². The lowest BCUT2D eigenvalue weighted by molar-refractivity contribution is -0.384. The van der Waals surface area contributed by atoms with Crippen LogP contribution in [0.25, 0.3) is 16.1 Å². The molecule has 4 aromatic rings. The maximum atomic E-state index is 12.1. The fourth-order valence-electron chi connectivity index (χ4n) is 2.61. The Hall–Kier alpha value is -3.80. The SMILES string of the molecule is O=C(Cn1c(=O)oc2cc([N+](=O)[O-])ccc21)OCc1cc(=O)n2ccsc2n1. The quantitative estimate of drug-likeness (QED) is 0.277. The fourth-order valence-corrected chi connectivity index (χ4v) is 3.35. The topological polar surface area (TPSA) is 139 Å². The maximum absolute atomic E-state index is 12.1. The summed E-state index contributed by atoms with van der Waals surface area (Å²) < 4.78 is 12.4. The Labute approximate surface area is 158 Å². The predicted molar refractivity (Wildman–Crippen MR) is 96.3 cm³/mol. The monoisotopic (exact) mass is 402 g/mol. The molecular formula is C16H10N4O7S. The van der Waals surface area contributed by atoms with Crippen LogP contribution in [0, 0.1) is 10.1 Å². The number of benzene rings is 1. The van der Waals surface area contributed by atoms with E-state index in [0.717, 1.165) is 10.6 Å². The van der Waals surface area contributed by atoms with Gasteiger partial charge in [-0.05, 0) is 6.07 Å². The number of hydrogen-bond acceptors (Lipinski definition) is 9. The number of oxazole rings is 1. The number of fused-ring (bicyclic) bond motifs is 2. The van der Waals surface area contributed by atoms with Crippen molar-refractivity contribution in [3.63, 3.8) is 0 Å². The van der Waals surface area contributed by atoms with Crippen molar-refractivity contribution in [3.8, 4) is 0 Å².